The van der Waals surface area contributed by atoms with Gasteiger partial charge in [0, 0.05) is 0 Å². The summed E-state index contributed by atoms with van der Waals surface area (Å²) in [5.74, 6) is 0.644. The third-order valence-electron chi connectivity index (χ3n) is 1.51. The second-order valence-electron chi connectivity index (χ2n) is 2.67. The van der Waals surface area contributed by atoms with Gasteiger partial charge in [-0.15, -0.1) is 0 Å². The summed E-state index contributed by atoms with van der Waals surface area (Å²) in [6.45, 7) is 0. The fraction of sp³-hybridized carbons (Fsp3) is 0. The van der Waals surface area contributed by atoms with Crippen molar-refractivity contribution in [3.05, 3.63) is 60.7 Å². The maximum Gasteiger partial charge on any atom is 0.115 e. The van der Waals surface area contributed by atoms with E-state index in [2.05, 4.69) is 0 Å². The molecule has 0 aliphatic rings. The quantitative estimate of drug-likeness (QED) is 0.618. The van der Waals surface area contributed by atoms with Gasteiger partial charge in [-0.2, -0.15) is 9.90 Å². The third kappa shape index (κ3) is 7.80. The Morgan fingerprint density at radius 1 is 0.562 bits per heavy atom. The molecule has 4 heteroatoms. The highest BCUT2D eigenvalue weighted by Gasteiger charge is 1.75. The first-order valence-electron chi connectivity index (χ1n) is 4.27. The Balaban J connectivity index is 0. The summed E-state index contributed by atoms with van der Waals surface area (Å²) in [5.41, 5.74) is 0. The summed E-state index contributed by atoms with van der Waals surface area (Å²) in [4.78, 5) is 0. The molecule has 0 aromatic heterocycles. The second kappa shape index (κ2) is 9.97. The van der Waals surface area contributed by atoms with E-state index in [1.165, 1.54) is 0 Å². The van der Waals surface area contributed by atoms with E-state index in [1.54, 1.807) is 48.5 Å². The Kier molecular flexibility index (Phi) is 10.5. The standard InChI is InChI=1S/2C6H6O.H3N.H3P/c2*7-6-4-2-1-3-5-6;;/h2*1-5,7H;2*1H3. The Hall–Kier alpha value is -1.57. The van der Waals surface area contributed by atoms with Crippen molar-refractivity contribution in [3.63, 3.8) is 0 Å². The van der Waals surface area contributed by atoms with Crippen LogP contribution < -0.4 is 6.15 Å². The molecule has 3 nitrogen and oxygen atoms in total. The largest absolute Gasteiger partial charge is 0.508 e. The van der Waals surface area contributed by atoms with E-state index in [9.17, 15) is 0 Å². The summed E-state index contributed by atoms with van der Waals surface area (Å²) in [6.07, 6.45) is 0. The molecule has 2 rings (SSSR count). The molecule has 1 unspecified atom stereocenters. The van der Waals surface area contributed by atoms with E-state index >= 15 is 0 Å². The van der Waals surface area contributed by atoms with Gasteiger partial charge < -0.3 is 16.4 Å². The van der Waals surface area contributed by atoms with E-state index in [1.807, 2.05) is 12.1 Å². The number of hydrogen-bond acceptors (Lipinski definition) is 3. The predicted octanol–water partition coefficient (Wildman–Crippen LogP) is 3.00. The van der Waals surface area contributed by atoms with E-state index < -0.39 is 0 Å². The zero-order valence-corrected chi connectivity index (χ0v) is 10.5. The van der Waals surface area contributed by atoms with Crippen molar-refractivity contribution in [2.24, 2.45) is 0 Å². The maximum atomic E-state index is 8.63. The first-order valence-corrected chi connectivity index (χ1v) is 4.27. The number of rotatable bonds is 0. The Morgan fingerprint density at radius 3 is 0.938 bits per heavy atom. The zero-order valence-electron chi connectivity index (χ0n) is 9.08. The Morgan fingerprint density at radius 2 is 0.812 bits per heavy atom. The minimum Gasteiger partial charge on any atom is -0.508 e. The van der Waals surface area contributed by atoms with Crippen molar-refractivity contribution in [3.8, 4) is 11.5 Å². The molecule has 0 bridgehead atoms. The van der Waals surface area contributed by atoms with Crippen molar-refractivity contribution >= 4 is 9.90 Å². The van der Waals surface area contributed by atoms with Crippen molar-refractivity contribution < 1.29 is 10.2 Å². The van der Waals surface area contributed by atoms with Gasteiger partial charge >= 0.3 is 0 Å². The van der Waals surface area contributed by atoms with E-state index in [0.29, 0.717) is 11.5 Å². The summed E-state index contributed by atoms with van der Waals surface area (Å²) in [7, 11) is 0. The SMILES string of the molecule is N.Oc1ccccc1.Oc1ccccc1.P. The predicted molar refractivity (Wildman–Crippen MR) is 72.3 cm³/mol. The van der Waals surface area contributed by atoms with Gasteiger partial charge in [0.1, 0.15) is 11.5 Å². The van der Waals surface area contributed by atoms with E-state index in [4.69, 9.17) is 10.2 Å². The lowest BCUT2D eigenvalue weighted by Crippen LogP contribution is -1.56. The molecule has 2 aromatic rings. The molecule has 0 fully saturated rings. The van der Waals surface area contributed by atoms with Gasteiger partial charge in [-0.1, -0.05) is 36.4 Å². The number of phenolic OH excluding ortho intramolecular Hbond substituents is 2. The molecule has 0 aliphatic heterocycles. The molecular weight excluding hydrogens is 221 g/mol. The van der Waals surface area contributed by atoms with Gasteiger partial charge in [0.15, 0.2) is 0 Å². The number of aromatic hydroxyl groups is 2. The minimum atomic E-state index is 0. The van der Waals surface area contributed by atoms with Gasteiger partial charge in [-0.3, -0.25) is 0 Å². The van der Waals surface area contributed by atoms with Crippen molar-refractivity contribution in [2.45, 2.75) is 0 Å². The number of phenols is 2. The summed E-state index contributed by atoms with van der Waals surface area (Å²) >= 11 is 0. The topological polar surface area (TPSA) is 75.5 Å². The fourth-order valence-corrected chi connectivity index (χ4v) is 0.856. The molecule has 1 atom stereocenters. The fourth-order valence-electron chi connectivity index (χ4n) is 0.856. The normalized spacial score (nSPS) is 7.50. The van der Waals surface area contributed by atoms with Gasteiger partial charge in [0.25, 0.3) is 0 Å². The lowest BCUT2D eigenvalue weighted by atomic mass is 10.3. The number of para-hydroxylation sites is 2. The van der Waals surface area contributed by atoms with Crippen LogP contribution in [-0.2, 0) is 0 Å². The summed E-state index contributed by atoms with van der Waals surface area (Å²) in [5, 5.41) is 17.3. The van der Waals surface area contributed by atoms with Crippen LogP contribution in [0, 0.1) is 0 Å². The van der Waals surface area contributed by atoms with Crippen LogP contribution >= 0.6 is 9.90 Å². The van der Waals surface area contributed by atoms with Crippen LogP contribution in [0.1, 0.15) is 0 Å². The third-order valence-corrected chi connectivity index (χ3v) is 1.51. The van der Waals surface area contributed by atoms with Gasteiger partial charge in [-0.05, 0) is 24.3 Å². The lowest BCUT2D eigenvalue weighted by Gasteiger charge is -1.82. The zero-order chi connectivity index (χ0) is 10.2. The molecule has 0 saturated heterocycles. The molecular formula is C12H18NO2P. The first-order chi connectivity index (χ1) is 6.79. The maximum absolute atomic E-state index is 8.63. The molecule has 0 heterocycles. The Bertz CT molecular complexity index is 316. The highest BCUT2D eigenvalue weighted by molar-refractivity contribution is 6.92. The average molecular weight is 239 g/mol. The van der Waals surface area contributed by atoms with Crippen LogP contribution in [0.4, 0.5) is 0 Å². The van der Waals surface area contributed by atoms with E-state index in [0.717, 1.165) is 0 Å². The monoisotopic (exact) mass is 239 g/mol. The van der Waals surface area contributed by atoms with Crippen molar-refractivity contribution in [1.82, 2.24) is 6.15 Å². The van der Waals surface area contributed by atoms with Crippen LogP contribution in [0.3, 0.4) is 0 Å². The number of benzene rings is 2. The van der Waals surface area contributed by atoms with E-state index in [-0.39, 0.29) is 16.0 Å². The van der Waals surface area contributed by atoms with Crippen LogP contribution in [-0.4, -0.2) is 10.2 Å². The Labute approximate surface area is 99.0 Å². The highest BCUT2D eigenvalue weighted by Crippen LogP contribution is 2.03. The lowest BCUT2D eigenvalue weighted by molar-refractivity contribution is 0.475. The molecule has 2 aromatic carbocycles. The molecule has 0 spiro atoms. The van der Waals surface area contributed by atoms with Gasteiger partial charge in [0.2, 0.25) is 0 Å². The van der Waals surface area contributed by atoms with Crippen LogP contribution in [0.2, 0.25) is 0 Å². The smallest absolute Gasteiger partial charge is 0.115 e. The van der Waals surface area contributed by atoms with Gasteiger partial charge in [-0.25, -0.2) is 0 Å². The van der Waals surface area contributed by atoms with Crippen LogP contribution in [0.15, 0.2) is 60.7 Å². The second-order valence-corrected chi connectivity index (χ2v) is 2.67. The minimum absolute atomic E-state index is 0. The molecule has 0 amide bonds. The molecule has 0 saturated carbocycles. The van der Waals surface area contributed by atoms with Crippen LogP contribution in [0.5, 0.6) is 11.5 Å². The van der Waals surface area contributed by atoms with Crippen LogP contribution in [0.25, 0.3) is 0 Å². The molecule has 88 valence electrons. The molecule has 5 N–H and O–H groups in total. The molecule has 0 aliphatic carbocycles. The molecule has 16 heavy (non-hydrogen) atoms. The van der Waals surface area contributed by atoms with Gasteiger partial charge in [0.05, 0.1) is 0 Å². The van der Waals surface area contributed by atoms with Crippen molar-refractivity contribution in [2.75, 3.05) is 0 Å². The average Bonchev–Trinajstić information content (AvgIpc) is 2.21. The van der Waals surface area contributed by atoms with Crippen molar-refractivity contribution in [1.29, 1.82) is 0 Å². The highest BCUT2D eigenvalue weighted by atomic mass is 31.0. The molecule has 0 radical (unpaired) electrons. The number of hydrogen-bond donors (Lipinski definition) is 3. The summed E-state index contributed by atoms with van der Waals surface area (Å²) < 4.78 is 0. The summed E-state index contributed by atoms with van der Waals surface area (Å²) in [6, 6.07) is 17.4. The first kappa shape index (κ1) is 16.8.